The maximum Gasteiger partial charge on any atom is 0.316 e. The van der Waals surface area contributed by atoms with Gasteiger partial charge < -0.3 is 14.2 Å². The summed E-state index contributed by atoms with van der Waals surface area (Å²) in [5.41, 5.74) is 1.02. The van der Waals surface area contributed by atoms with Gasteiger partial charge in [0.15, 0.2) is 0 Å². The van der Waals surface area contributed by atoms with E-state index in [0.29, 0.717) is 36.7 Å². The van der Waals surface area contributed by atoms with Gasteiger partial charge in [0.25, 0.3) is 0 Å². The minimum atomic E-state index is -0.668. The molecule has 0 N–H and O–H groups in total. The van der Waals surface area contributed by atoms with Gasteiger partial charge in [0.2, 0.25) is 11.7 Å². The Morgan fingerprint density at radius 2 is 1.93 bits per heavy atom. The fourth-order valence-corrected chi connectivity index (χ4v) is 3.24. The molecule has 0 radical (unpaired) electrons. The first-order valence-corrected chi connectivity index (χ1v) is 9.48. The van der Waals surface area contributed by atoms with Crippen molar-refractivity contribution in [2.24, 2.45) is 0 Å². The van der Waals surface area contributed by atoms with E-state index in [4.69, 9.17) is 9.26 Å². The van der Waals surface area contributed by atoms with Gasteiger partial charge in [-0.2, -0.15) is 4.98 Å². The molecule has 1 aromatic heterocycles. The standard InChI is InChI=1S/C21H19FN4O4/c1-2-29-17-9-4-3-8-16(17)26-11-10-25(20(27)21(26)28)13-18-23-19(24-30-18)14-6-5-7-15(22)12-14/h3-9,12H,2,10-11,13H2,1H3. The highest BCUT2D eigenvalue weighted by atomic mass is 19.1. The second-order valence-electron chi connectivity index (χ2n) is 6.61. The van der Waals surface area contributed by atoms with Crippen molar-refractivity contribution in [3.63, 3.8) is 0 Å². The molecule has 0 bridgehead atoms. The molecule has 0 atom stereocenters. The van der Waals surface area contributed by atoms with Crippen LogP contribution in [0.25, 0.3) is 11.4 Å². The van der Waals surface area contributed by atoms with E-state index < -0.39 is 17.6 Å². The summed E-state index contributed by atoms with van der Waals surface area (Å²) >= 11 is 0. The summed E-state index contributed by atoms with van der Waals surface area (Å²) in [6, 6.07) is 12.9. The summed E-state index contributed by atoms with van der Waals surface area (Å²) in [5, 5.41) is 3.83. The molecule has 2 aromatic carbocycles. The van der Waals surface area contributed by atoms with Crippen molar-refractivity contribution in [3.05, 3.63) is 60.2 Å². The molecular weight excluding hydrogens is 391 g/mol. The number of amides is 2. The van der Waals surface area contributed by atoms with Gasteiger partial charge in [0.1, 0.15) is 18.1 Å². The number of benzene rings is 2. The van der Waals surface area contributed by atoms with Crippen LogP contribution in [-0.4, -0.2) is 46.6 Å². The summed E-state index contributed by atoms with van der Waals surface area (Å²) in [6.07, 6.45) is 0. The molecule has 1 aliphatic rings. The van der Waals surface area contributed by atoms with Crippen molar-refractivity contribution in [1.82, 2.24) is 15.0 Å². The molecule has 30 heavy (non-hydrogen) atoms. The zero-order chi connectivity index (χ0) is 21.1. The quantitative estimate of drug-likeness (QED) is 0.581. The van der Waals surface area contributed by atoms with Crippen LogP contribution in [0.5, 0.6) is 5.75 Å². The Bertz CT molecular complexity index is 1080. The smallest absolute Gasteiger partial charge is 0.316 e. The highest BCUT2D eigenvalue weighted by molar-refractivity contribution is 6.41. The number of aromatic nitrogens is 2. The number of halogens is 1. The zero-order valence-electron chi connectivity index (χ0n) is 16.2. The normalized spacial score (nSPS) is 14.3. The van der Waals surface area contributed by atoms with Crippen molar-refractivity contribution >= 4 is 17.5 Å². The lowest BCUT2D eigenvalue weighted by Gasteiger charge is -2.33. The number of carbonyl (C=O) groups is 2. The number of hydrogen-bond donors (Lipinski definition) is 0. The molecule has 2 heterocycles. The first-order valence-electron chi connectivity index (χ1n) is 9.48. The molecule has 0 spiro atoms. The Hall–Kier alpha value is -3.75. The van der Waals surface area contributed by atoms with E-state index >= 15 is 0 Å². The van der Waals surface area contributed by atoms with Gasteiger partial charge in [0.05, 0.1) is 12.3 Å². The summed E-state index contributed by atoms with van der Waals surface area (Å²) in [7, 11) is 0. The van der Waals surface area contributed by atoms with E-state index in [-0.39, 0.29) is 18.3 Å². The topological polar surface area (TPSA) is 88.8 Å². The maximum absolute atomic E-state index is 13.4. The molecule has 8 nitrogen and oxygen atoms in total. The van der Waals surface area contributed by atoms with Crippen LogP contribution in [0.3, 0.4) is 0 Å². The van der Waals surface area contributed by atoms with Crippen LogP contribution >= 0.6 is 0 Å². The third-order valence-corrected chi connectivity index (χ3v) is 4.64. The van der Waals surface area contributed by atoms with E-state index in [0.717, 1.165) is 0 Å². The maximum atomic E-state index is 13.4. The molecule has 1 saturated heterocycles. The number of rotatable bonds is 6. The number of ether oxygens (including phenoxy) is 1. The lowest BCUT2D eigenvalue weighted by Crippen LogP contribution is -2.54. The van der Waals surface area contributed by atoms with E-state index in [9.17, 15) is 14.0 Å². The third-order valence-electron chi connectivity index (χ3n) is 4.64. The Labute approximate surface area is 171 Å². The van der Waals surface area contributed by atoms with Crippen LogP contribution in [0.4, 0.5) is 10.1 Å². The minimum absolute atomic E-state index is 0.00612. The lowest BCUT2D eigenvalue weighted by atomic mass is 10.2. The predicted molar refractivity (Wildman–Crippen MR) is 105 cm³/mol. The fourth-order valence-electron chi connectivity index (χ4n) is 3.24. The Kier molecular flexibility index (Phi) is 5.42. The Morgan fingerprint density at radius 1 is 1.10 bits per heavy atom. The van der Waals surface area contributed by atoms with Gasteiger partial charge in [0, 0.05) is 18.7 Å². The number of anilines is 1. The first kappa shape index (κ1) is 19.6. The molecular formula is C21H19FN4O4. The van der Waals surface area contributed by atoms with Gasteiger partial charge in [-0.3, -0.25) is 14.5 Å². The highest BCUT2D eigenvalue weighted by Gasteiger charge is 2.35. The first-order chi connectivity index (χ1) is 14.6. The molecule has 0 unspecified atom stereocenters. The van der Waals surface area contributed by atoms with Crippen LogP contribution in [0.2, 0.25) is 0 Å². The van der Waals surface area contributed by atoms with Crippen molar-refractivity contribution in [3.8, 4) is 17.1 Å². The van der Waals surface area contributed by atoms with Crippen LogP contribution in [-0.2, 0) is 16.1 Å². The largest absolute Gasteiger partial charge is 0.492 e. The molecule has 154 valence electrons. The van der Waals surface area contributed by atoms with Crippen LogP contribution in [0.15, 0.2) is 53.1 Å². The number of carbonyl (C=O) groups excluding carboxylic acids is 2. The van der Waals surface area contributed by atoms with E-state index in [2.05, 4.69) is 10.1 Å². The minimum Gasteiger partial charge on any atom is -0.492 e. The summed E-state index contributed by atoms with van der Waals surface area (Å²) in [5.74, 6) is -0.809. The van der Waals surface area contributed by atoms with Gasteiger partial charge in [-0.1, -0.05) is 29.4 Å². The average Bonchev–Trinajstić information content (AvgIpc) is 3.21. The average molecular weight is 410 g/mol. The summed E-state index contributed by atoms with van der Waals surface area (Å²) in [6.45, 7) is 2.89. The molecule has 9 heteroatoms. The predicted octanol–water partition coefficient (Wildman–Crippen LogP) is 2.65. The molecule has 0 aliphatic carbocycles. The third kappa shape index (κ3) is 3.86. The monoisotopic (exact) mass is 410 g/mol. The zero-order valence-corrected chi connectivity index (χ0v) is 16.2. The van der Waals surface area contributed by atoms with Crippen LogP contribution < -0.4 is 9.64 Å². The summed E-state index contributed by atoms with van der Waals surface area (Å²) < 4.78 is 24.1. The van der Waals surface area contributed by atoms with E-state index in [1.807, 2.05) is 13.0 Å². The fraction of sp³-hybridized carbons (Fsp3) is 0.238. The lowest BCUT2D eigenvalue weighted by molar-refractivity contribution is -0.146. The molecule has 0 saturated carbocycles. The summed E-state index contributed by atoms with van der Waals surface area (Å²) in [4.78, 5) is 32.3. The van der Waals surface area contributed by atoms with Crippen LogP contribution in [0.1, 0.15) is 12.8 Å². The number of hydrogen-bond acceptors (Lipinski definition) is 6. The highest BCUT2D eigenvalue weighted by Crippen LogP contribution is 2.29. The molecule has 3 aromatic rings. The molecule has 2 amide bonds. The van der Waals surface area contributed by atoms with Gasteiger partial charge in [-0.05, 0) is 31.2 Å². The van der Waals surface area contributed by atoms with E-state index in [1.165, 1.54) is 21.9 Å². The van der Waals surface area contributed by atoms with Gasteiger partial charge in [-0.15, -0.1) is 0 Å². The van der Waals surface area contributed by atoms with Crippen molar-refractivity contribution in [1.29, 1.82) is 0 Å². The molecule has 1 fully saturated rings. The van der Waals surface area contributed by atoms with Crippen molar-refractivity contribution < 1.29 is 23.2 Å². The number of piperazine rings is 1. The Balaban J connectivity index is 1.47. The Morgan fingerprint density at radius 3 is 2.73 bits per heavy atom. The van der Waals surface area contributed by atoms with Crippen LogP contribution in [0, 0.1) is 5.82 Å². The van der Waals surface area contributed by atoms with Gasteiger partial charge >= 0.3 is 11.8 Å². The van der Waals surface area contributed by atoms with Crippen molar-refractivity contribution in [2.75, 3.05) is 24.6 Å². The number of nitrogens with zero attached hydrogens (tertiary/aromatic N) is 4. The van der Waals surface area contributed by atoms with E-state index in [1.54, 1.807) is 30.3 Å². The van der Waals surface area contributed by atoms with Gasteiger partial charge in [-0.25, -0.2) is 4.39 Å². The molecule has 1 aliphatic heterocycles. The second-order valence-corrected chi connectivity index (χ2v) is 6.61. The second kappa shape index (κ2) is 8.32. The SMILES string of the molecule is CCOc1ccccc1N1CCN(Cc2nc(-c3cccc(F)c3)no2)C(=O)C1=O. The number of para-hydroxylation sites is 2. The van der Waals surface area contributed by atoms with Crippen molar-refractivity contribution in [2.45, 2.75) is 13.5 Å². The molecule has 4 rings (SSSR count).